The van der Waals surface area contributed by atoms with Crippen LogP contribution in [0.25, 0.3) is 32.3 Å². The third-order valence-electron chi connectivity index (χ3n) is 6.01. The SMILES string of the molecule is c1ccc(N(c2ccccc2)c2ccc3c(ccc4c5ccccc5ccc34)c2)cc1. The number of hydrogen-bond acceptors (Lipinski definition) is 1. The summed E-state index contributed by atoms with van der Waals surface area (Å²) in [5.74, 6) is 0. The van der Waals surface area contributed by atoms with Gasteiger partial charge in [-0.2, -0.15) is 0 Å². The first-order chi connectivity index (χ1) is 15.4. The standard InChI is InChI=1S/C30H21N/c1-3-10-24(11-4-1)31(25-12-5-2-6-13-25)26-17-20-28-23(21-26)16-19-29-27-14-8-7-9-22(27)15-18-30(28)29/h1-21H. The van der Waals surface area contributed by atoms with Crippen molar-refractivity contribution in [1.29, 1.82) is 0 Å². The molecule has 6 rings (SSSR count). The maximum atomic E-state index is 2.31. The Balaban J connectivity index is 1.57. The molecule has 0 unspecified atom stereocenters. The topological polar surface area (TPSA) is 3.24 Å². The van der Waals surface area contributed by atoms with Gasteiger partial charge in [-0.1, -0.05) is 91.0 Å². The first-order valence-electron chi connectivity index (χ1n) is 10.6. The highest BCUT2D eigenvalue weighted by atomic mass is 15.1. The van der Waals surface area contributed by atoms with E-state index in [0.717, 1.165) is 17.1 Å². The van der Waals surface area contributed by atoms with Crippen LogP contribution < -0.4 is 4.90 Å². The van der Waals surface area contributed by atoms with Gasteiger partial charge in [-0.05, 0) is 68.7 Å². The molecule has 0 bridgehead atoms. The molecule has 0 amide bonds. The number of rotatable bonds is 3. The molecule has 0 aliphatic heterocycles. The van der Waals surface area contributed by atoms with E-state index >= 15 is 0 Å². The van der Waals surface area contributed by atoms with Crippen molar-refractivity contribution in [3.63, 3.8) is 0 Å². The molecule has 0 radical (unpaired) electrons. The highest BCUT2D eigenvalue weighted by Gasteiger charge is 2.13. The number of hydrogen-bond donors (Lipinski definition) is 0. The molecular formula is C30H21N. The summed E-state index contributed by atoms with van der Waals surface area (Å²) in [6.07, 6.45) is 0. The molecule has 0 aliphatic rings. The monoisotopic (exact) mass is 395 g/mol. The molecule has 0 spiro atoms. The van der Waals surface area contributed by atoms with Crippen LogP contribution in [-0.2, 0) is 0 Å². The molecule has 0 heterocycles. The fraction of sp³-hybridized carbons (Fsp3) is 0. The molecule has 0 aliphatic carbocycles. The van der Waals surface area contributed by atoms with Crippen LogP contribution in [0.15, 0.2) is 127 Å². The maximum Gasteiger partial charge on any atom is 0.0468 e. The summed E-state index contributed by atoms with van der Waals surface area (Å²) < 4.78 is 0. The summed E-state index contributed by atoms with van der Waals surface area (Å²) in [5, 5.41) is 7.73. The zero-order valence-corrected chi connectivity index (χ0v) is 17.1. The highest BCUT2D eigenvalue weighted by Crippen LogP contribution is 2.38. The Morgan fingerprint density at radius 2 is 0.839 bits per heavy atom. The van der Waals surface area contributed by atoms with Gasteiger partial charge in [0.05, 0.1) is 0 Å². The van der Waals surface area contributed by atoms with Crippen LogP contribution in [0.4, 0.5) is 17.1 Å². The van der Waals surface area contributed by atoms with Crippen LogP contribution in [0, 0.1) is 0 Å². The number of nitrogens with zero attached hydrogens (tertiary/aromatic N) is 1. The van der Waals surface area contributed by atoms with Gasteiger partial charge in [0.25, 0.3) is 0 Å². The second-order valence-corrected chi connectivity index (χ2v) is 7.86. The van der Waals surface area contributed by atoms with Crippen molar-refractivity contribution in [2.24, 2.45) is 0 Å². The highest BCUT2D eigenvalue weighted by molar-refractivity contribution is 6.17. The van der Waals surface area contributed by atoms with E-state index in [9.17, 15) is 0 Å². The van der Waals surface area contributed by atoms with Gasteiger partial charge >= 0.3 is 0 Å². The van der Waals surface area contributed by atoms with Crippen LogP contribution in [0.3, 0.4) is 0 Å². The van der Waals surface area contributed by atoms with Crippen molar-refractivity contribution in [3.8, 4) is 0 Å². The molecule has 0 fully saturated rings. The normalized spacial score (nSPS) is 11.2. The minimum Gasteiger partial charge on any atom is -0.310 e. The largest absolute Gasteiger partial charge is 0.310 e. The average Bonchev–Trinajstić information content (AvgIpc) is 2.85. The molecule has 0 saturated heterocycles. The second-order valence-electron chi connectivity index (χ2n) is 7.86. The van der Waals surface area contributed by atoms with E-state index in [4.69, 9.17) is 0 Å². The second kappa shape index (κ2) is 7.30. The summed E-state index contributed by atoms with van der Waals surface area (Å²) in [6.45, 7) is 0. The lowest BCUT2D eigenvalue weighted by molar-refractivity contribution is 1.29. The zero-order chi connectivity index (χ0) is 20.6. The lowest BCUT2D eigenvalue weighted by Crippen LogP contribution is -2.09. The zero-order valence-electron chi connectivity index (χ0n) is 17.1. The third-order valence-corrected chi connectivity index (χ3v) is 6.01. The predicted octanol–water partition coefficient (Wildman–Crippen LogP) is 8.62. The molecule has 6 aromatic carbocycles. The Kier molecular flexibility index (Phi) is 4.18. The van der Waals surface area contributed by atoms with Crippen molar-refractivity contribution in [2.45, 2.75) is 0 Å². The Bertz CT molecular complexity index is 1480. The lowest BCUT2D eigenvalue weighted by atomic mass is 9.96. The Hall–Kier alpha value is -4.10. The number of anilines is 3. The smallest absolute Gasteiger partial charge is 0.0468 e. The molecule has 0 saturated carbocycles. The predicted molar refractivity (Wildman–Crippen MR) is 134 cm³/mol. The average molecular weight is 396 g/mol. The van der Waals surface area contributed by atoms with E-state index in [1.54, 1.807) is 0 Å². The fourth-order valence-electron chi connectivity index (χ4n) is 4.56. The van der Waals surface area contributed by atoms with Crippen LogP contribution in [0.2, 0.25) is 0 Å². The van der Waals surface area contributed by atoms with E-state index < -0.39 is 0 Å². The van der Waals surface area contributed by atoms with Crippen molar-refractivity contribution >= 4 is 49.4 Å². The lowest BCUT2D eigenvalue weighted by Gasteiger charge is -2.25. The van der Waals surface area contributed by atoms with Gasteiger partial charge in [-0.3, -0.25) is 0 Å². The van der Waals surface area contributed by atoms with Crippen LogP contribution in [0.5, 0.6) is 0 Å². The summed E-state index contributed by atoms with van der Waals surface area (Å²) >= 11 is 0. The van der Waals surface area contributed by atoms with Gasteiger partial charge < -0.3 is 4.90 Å². The van der Waals surface area contributed by atoms with Gasteiger partial charge in [-0.15, -0.1) is 0 Å². The maximum absolute atomic E-state index is 2.31. The fourth-order valence-corrected chi connectivity index (χ4v) is 4.56. The van der Waals surface area contributed by atoms with Gasteiger partial charge in [-0.25, -0.2) is 0 Å². The molecule has 0 atom stereocenters. The van der Waals surface area contributed by atoms with Crippen LogP contribution >= 0.6 is 0 Å². The Labute approximate surface area is 181 Å². The minimum atomic E-state index is 1.15. The van der Waals surface area contributed by atoms with E-state index in [2.05, 4.69) is 132 Å². The van der Waals surface area contributed by atoms with Crippen molar-refractivity contribution in [1.82, 2.24) is 0 Å². The first kappa shape index (κ1) is 17.7. The first-order valence-corrected chi connectivity index (χ1v) is 10.6. The number of para-hydroxylation sites is 2. The molecule has 1 heteroatoms. The molecular weight excluding hydrogens is 374 g/mol. The number of fused-ring (bicyclic) bond motifs is 5. The van der Waals surface area contributed by atoms with E-state index in [1.165, 1.54) is 32.3 Å². The Morgan fingerprint density at radius 1 is 0.323 bits per heavy atom. The molecule has 31 heavy (non-hydrogen) atoms. The van der Waals surface area contributed by atoms with Gasteiger partial charge in [0, 0.05) is 17.1 Å². The van der Waals surface area contributed by atoms with E-state index in [1.807, 2.05) is 0 Å². The molecule has 146 valence electrons. The van der Waals surface area contributed by atoms with Gasteiger partial charge in [0.15, 0.2) is 0 Å². The van der Waals surface area contributed by atoms with Crippen molar-refractivity contribution in [3.05, 3.63) is 127 Å². The van der Waals surface area contributed by atoms with Crippen LogP contribution in [0.1, 0.15) is 0 Å². The summed E-state index contributed by atoms with van der Waals surface area (Å²) in [4.78, 5) is 2.31. The molecule has 0 aromatic heterocycles. The molecule has 6 aromatic rings. The molecule has 1 nitrogen and oxygen atoms in total. The van der Waals surface area contributed by atoms with Crippen molar-refractivity contribution in [2.75, 3.05) is 4.90 Å². The number of benzene rings is 6. The van der Waals surface area contributed by atoms with E-state index in [-0.39, 0.29) is 0 Å². The quantitative estimate of drug-likeness (QED) is 0.271. The molecule has 0 N–H and O–H groups in total. The van der Waals surface area contributed by atoms with Gasteiger partial charge in [0.2, 0.25) is 0 Å². The minimum absolute atomic E-state index is 1.15. The van der Waals surface area contributed by atoms with Crippen LogP contribution in [-0.4, -0.2) is 0 Å². The Morgan fingerprint density at radius 3 is 1.52 bits per heavy atom. The summed E-state index contributed by atoms with van der Waals surface area (Å²) in [5.41, 5.74) is 3.46. The summed E-state index contributed by atoms with van der Waals surface area (Å²) in [6, 6.07) is 45.5. The third kappa shape index (κ3) is 3.03. The van der Waals surface area contributed by atoms with Gasteiger partial charge in [0.1, 0.15) is 0 Å². The summed E-state index contributed by atoms with van der Waals surface area (Å²) in [7, 11) is 0. The van der Waals surface area contributed by atoms with Crippen molar-refractivity contribution < 1.29 is 0 Å². The van der Waals surface area contributed by atoms with E-state index in [0.29, 0.717) is 0 Å².